The summed E-state index contributed by atoms with van der Waals surface area (Å²) < 4.78 is 4.59. The lowest BCUT2D eigenvalue weighted by Crippen LogP contribution is -2.02. The number of hydrogen-bond donors (Lipinski definition) is 1. The summed E-state index contributed by atoms with van der Waals surface area (Å²) in [6.07, 6.45) is 1.93. The Balaban J connectivity index is 3.08. The van der Waals surface area contributed by atoms with E-state index in [4.69, 9.17) is 5.73 Å². The molecule has 70 valence electrons. The molecule has 1 aromatic carbocycles. The molecule has 0 aromatic heterocycles. The highest BCUT2D eigenvalue weighted by molar-refractivity contribution is 7.98. The van der Waals surface area contributed by atoms with Gasteiger partial charge in [-0.3, -0.25) is 0 Å². The third-order valence-electron chi connectivity index (χ3n) is 1.59. The molecule has 0 saturated carbocycles. The molecule has 1 rings (SSSR count). The fraction of sp³-hybridized carbons (Fsp3) is 0.222. The van der Waals surface area contributed by atoms with E-state index in [1.807, 2.05) is 12.3 Å². The number of nitrogens with two attached hydrogens (primary N) is 1. The van der Waals surface area contributed by atoms with E-state index in [0.717, 1.165) is 4.90 Å². The third kappa shape index (κ3) is 2.39. The molecule has 0 spiro atoms. The van der Waals surface area contributed by atoms with Crippen molar-refractivity contribution in [1.29, 1.82) is 0 Å². The minimum atomic E-state index is -0.359. The molecule has 0 aliphatic rings. The average molecular weight is 197 g/mol. The van der Waals surface area contributed by atoms with Crippen molar-refractivity contribution in [3.63, 3.8) is 0 Å². The summed E-state index contributed by atoms with van der Waals surface area (Å²) in [5.41, 5.74) is 6.67. The van der Waals surface area contributed by atoms with Crippen molar-refractivity contribution in [1.82, 2.24) is 0 Å². The molecule has 0 aliphatic heterocycles. The summed E-state index contributed by atoms with van der Waals surface area (Å²) in [5.74, 6) is -0.359. The number of methoxy groups -OCH3 is 1. The van der Waals surface area contributed by atoms with Crippen LogP contribution in [-0.2, 0) is 4.74 Å². The van der Waals surface area contributed by atoms with E-state index in [-0.39, 0.29) is 5.97 Å². The summed E-state index contributed by atoms with van der Waals surface area (Å²) >= 11 is 1.54. The van der Waals surface area contributed by atoms with Crippen molar-refractivity contribution in [2.75, 3.05) is 19.1 Å². The van der Waals surface area contributed by atoms with Gasteiger partial charge in [0.25, 0.3) is 0 Å². The fourth-order valence-corrected chi connectivity index (χ4v) is 1.47. The van der Waals surface area contributed by atoms with E-state index >= 15 is 0 Å². The largest absolute Gasteiger partial charge is 0.465 e. The van der Waals surface area contributed by atoms with Crippen molar-refractivity contribution < 1.29 is 9.53 Å². The van der Waals surface area contributed by atoms with Gasteiger partial charge in [-0.1, -0.05) is 0 Å². The van der Waals surface area contributed by atoms with Crippen molar-refractivity contribution in [3.05, 3.63) is 23.8 Å². The predicted octanol–water partition coefficient (Wildman–Crippen LogP) is 1.78. The zero-order chi connectivity index (χ0) is 9.84. The lowest BCUT2D eigenvalue weighted by Gasteiger charge is -2.03. The number of ether oxygens (including phenoxy) is 1. The smallest absolute Gasteiger partial charge is 0.337 e. The summed E-state index contributed by atoms with van der Waals surface area (Å²) in [5, 5.41) is 0. The van der Waals surface area contributed by atoms with Crippen LogP contribution in [0.5, 0.6) is 0 Å². The number of carbonyl (C=O) groups is 1. The number of anilines is 1. The van der Waals surface area contributed by atoms with Crippen molar-refractivity contribution in [2.45, 2.75) is 4.90 Å². The highest BCUT2D eigenvalue weighted by Gasteiger charge is 2.06. The van der Waals surface area contributed by atoms with E-state index < -0.39 is 0 Å². The van der Waals surface area contributed by atoms with Gasteiger partial charge in [-0.25, -0.2) is 4.79 Å². The Bertz CT molecular complexity index is 325. The quantitative estimate of drug-likeness (QED) is 0.446. The van der Waals surface area contributed by atoms with Crippen LogP contribution in [0.15, 0.2) is 23.1 Å². The molecule has 1 aromatic rings. The second-order valence-electron chi connectivity index (χ2n) is 2.49. The van der Waals surface area contributed by atoms with Crippen molar-refractivity contribution in [2.24, 2.45) is 0 Å². The van der Waals surface area contributed by atoms with Gasteiger partial charge in [0.1, 0.15) is 0 Å². The lowest BCUT2D eigenvalue weighted by molar-refractivity contribution is 0.0600. The summed E-state index contributed by atoms with van der Waals surface area (Å²) in [4.78, 5) is 12.1. The first kappa shape index (κ1) is 9.92. The first-order chi connectivity index (χ1) is 6.17. The first-order valence-corrected chi connectivity index (χ1v) is 4.92. The second kappa shape index (κ2) is 4.18. The number of thioether (sulfide) groups is 1. The molecule has 2 N–H and O–H groups in total. The molecular weight excluding hydrogens is 186 g/mol. The average Bonchev–Trinajstić information content (AvgIpc) is 2.15. The Morgan fingerprint density at radius 1 is 1.46 bits per heavy atom. The van der Waals surface area contributed by atoms with Crippen LogP contribution in [0.2, 0.25) is 0 Å². The lowest BCUT2D eigenvalue weighted by atomic mass is 10.2. The van der Waals surface area contributed by atoms with E-state index in [2.05, 4.69) is 4.74 Å². The SMILES string of the molecule is COC(=O)c1cc(N)cc(SC)c1. The standard InChI is InChI=1S/C9H11NO2S/c1-12-9(11)6-3-7(10)5-8(4-6)13-2/h3-5H,10H2,1-2H3. The van der Waals surface area contributed by atoms with Gasteiger partial charge in [-0.05, 0) is 24.5 Å². The van der Waals surface area contributed by atoms with Gasteiger partial charge in [0.05, 0.1) is 12.7 Å². The molecule has 3 nitrogen and oxygen atoms in total. The minimum Gasteiger partial charge on any atom is -0.465 e. The second-order valence-corrected chi connectivity index (χ2v) is 3.37. The Labute approximate surface area is 81.3 Å². The van der Waals surface area contributed by atoms with Gasteiger partial charge < -0.3 is 10.5 Å². The van der Waals surface area contributed by atoms with Gasteiger partial charge in [0, 0.05) is 10.6 Å². The molecule has 0 amide bonds. The van der Waals surface area contributed by atoms with E-state index in [1.165, 1.54) is 18.9 Å². The topological polar surface area (TPSA) is 52.3 Å². The van der Waals surface area contributed by atoms with Crippen LogP contribution >= 0.6 is 11.8 Å². The van der Waals surface area contributed by atoms with Crippen LogP contribution in [-0.4, -0.2) is 19.3 Å². The number of hydrogen-bond acceptors (Lipinski definition) is 4. The van der Waals surface area contributed by atoms with Crippen molar-refractivity contribution >= 4 is 23.4 Å². The maximum atomic E-state index is 11.1. The molecular formula is C9H11NO2S. The molecule has 0 saturated heterocycles. The maximum absolute atomic E-state index is 11.1. The number of esters is 1. The summed E-state index contributed by atoms with van der Waals surface area (Å²) in [6.45, 7) is 0. The predicted molar refractivity (Wildman–Crippen MR) is 54.0 cm³/mol. The minimum absolute atomic E-state index is 0.359. The molecule has 0 heterocycles. The van der Waals surface area contributed by atoms with E-state index in [9.17, 15) is 4.79 Å². The summed E-state index contributed by atoms with van der Waals surface area (Å²) in [7, 11) is 1.35. The molecule has 0 unspecified atom stereocenters. The molecule has 13 heavy (non-hydrogen) atoms. The van der Waals surface area contributed by atoms with E-state index in [1.54, 1.807) is 12.1 Å². The number of rotatable bonds is 2. The number of carbonyl (C=O) groups excluding carboxylic acids is 1. The van der Waals surface area contributed by atoms with E-state index in [0.29, 0.717) is 11.3 Å². The van der Waals surface area contributed by atoms with Gasteiger partial charge in [-0.2, -0.15) is 0 Å². The van der Waals surface area contributed by atoms with Crippen LogP contribution in [0, 0.1) is 0 Å². The van der Waals surface area contributed by atoms with Crippen LogP contribution in [0.4, 0.5) is 5.69 Å². The molecule has 0 radical (unpaired) electrons. The highest BCUT2D eigenvalue weighted by Crippen LogP contribution is 2.20. The van der Waals surface area contributed by atoms with Gasteiger partial charge >= 0.3 is 5.97 Å². The van der Waals surface area contributed by atoms with Crippen LogP contribution < -0.4 is 5.73 Å². The zero-order valence-corrected chi connectivity index (χ0v) is 8.35. The zero-order valence-electron chi connectivity index (χ0n) is 7.53. The Hall–Kier alpha value is -1.16. The molecule has 0 bridgehead atoms. The first-order valence-electron chi connectivity index (χ1n) is 3.70. The Morgan fingerprint density at radius 2 is 2.15 bits per heavy atom. The van der Waals surface area contributed by atoms with Crippen LogP contribution in [0.1, 0.15) is 10.4 Å². The molecule has 4 heteroatoms. The summed E-state index contributed by atoms with van der Waals surface area (Å²) in [6, 6.07) is 5.18. The van der Waals surface area contributed by atoms with Gasteiger partial charge in [0.15, 0.2) is 0 Å². The van der Waals surface area contributed by atoms with Crippen LogP contribution in [0.3, 0.4) is 0 Å². The molecule has 0 aliphatic carbocycles. The van der Waals surface area contributed by atoms with Crippen LogP contribution in [0.25, 0.3) is 0 Å². The number of benzene rings is 1. The van der Waals surface area contributed by atoms with Gasteiger partial charge in [0.2, 0.25) is 0 Å². The van der Waals surface area contributed by atoms with Crippen molar-refractivity contribution in [3.8, 4) is 0 Å². The van der Waals surface area contributed by atoms with Gasteiger partial charge in [-0.15, -0.1) is 11.8 Å². The normalized spacial score (nSPS) is 9.69. The maximum Gasteiger partial charge on any atom is 0.337 e. The molecule has 0 atom stereocenters. The fourth-order valence-electron chi connectivity index (χ4n) is 0.976. The monoisotopic (exact) mass is 197 g/mol. The third-order valence-corrected chi connectivity index (χ3v) is 2.29. The Kier molecular flexibility index (Phi) is 3.19. The number of nitrogen functional groups attached to an aromatic ring is 1. The molecule has 0 fully saturated rings. The highest BCUT2D eigenvalue weighted by atomic mass is 32.2. The Morgan fingerprint density at radius 3 is 2.69 bits per heavy atom.